The molecule has 2 unspecified atom stereocenters. The molecule has 1 aromatic rings. The molecule has 1 N–H and O–H groups in total. The van der Waals surface area contributed by atoms with Crippen molar-refractivity contribution in [2.24, 2.45) is 0 Å². The van der Waals surface area contributed by atoms with E-state index in [0.29, 0.717) is 6.54 Å². The Balaban J connectivity index is 2.14. The van der Waals surface area contributed by atoms with E-state index < -0.39 is 0 Å². The number of hydrogen-bond donors (Lipinski definition) is 1. The van der Waals surface area contributed by atoms with Crippen LogP contribution in [0, 0.1) is 5.82 Å². The Bertz CT molecular complexity index is 492. The van der Waals surface area contributed by atoms with Crippen LogP contribution in [0.4, 0.5) is 4.39 Å². The highest BCUT2D eigenvalue weighted by Crippen LogP contribution is 2.27. The van der Waals surface area contributed by atoms with E-state index in [2.05, 4.69) is 10.2 Å². The lowest BCUT2D eigenvalue weighted by Crippen LogP contribution is -2.33. The molecule has 0 bridgehead atoms. The Morgan fingerprint density at radius 3 is 2.76 bits per heavy atom. The van der Waals surface area contributed by atoms with Gasteiger partial charge in [0.05, 0.1) is 6.04 Å². The van der Waals surface area contributed by atoms with Gasteiger partial charge in [0.25, 0.3) is 0 Å². The lowest BCUT2D eigenvalue weighted by molar-refractivity contribution is -0.130. The first kappa shape index (κ1) is 15.9. The Morgan fingerprint density at radius 1 is 1.38 bits per heavy atom. The van der Waals surface area contributed by atoms with Crippen LogP contribution >= 0.6 is 0 Å². The van der Waals surface area contributed by atoms with Gasteiger partial charge < -0.3 is 9.80 Å². The van der Waals surface area contributed by atoms with Crippen LogP contribution in [-0.4, -0.2) is 48.9 Å². The standard InChI is InChI=1S/C16H24FN3O/c1-4-14-16(21)20(10-6-9-19(2)3)15(18-14)12-7-5-8-13(17)11-12/h5,7-8,11,14-15,18H,4,6,9-10H2,1-3H3. The van der Waals surface area contributed by atoms with Crippen molar-refractivity contribution in [1.82, 2.24) is 15.1 Å². The van der Waals surface area contributed by atoms with E-state index in [-0.39, 0.29) is 23.9 Å². The van der Waals surface area contributed by atoms with Crippen LogP contribution < -0.4 is 5.32 Å². The first-order chi connectivity index (χ1) is 10.0. The Morgan fingerprint density at radius 2 is 2.14 bits per heavy atom. The van der Waals surface area contributed by atoms with Crippen LogP contribution in [0.3, 0.4) is 0 Å². The van der Waals surface area contributed by atoms with Crippen LogP contribution in [0.1, 0.15) is 31.5 Å². The molecule has 1 aliphatic rings. The van der Waals surface area contributed by atoms with E-state index >= 15 is 0 Å². The number of benzene rings is 1. The molecule has 1 amide bonds. The minimum atomic E-state index is -0.269. The number of halogens is 1. The second kappa shape index (κ2) is 7.00. The zero-order valence-electron chi connectivity index (χ0n) is 13.0. The van der Waals surface area contributed by atoms with Crippen molar-refractivity contribution < 1.29 is 9.18 Å². The third-order valence-corrected chi connectivity index (χ3v) is 3.83. The fourth-order valence-corrected chi connectivity index (χ4v) is 2.72. The second-order valence-corrected chi connectivity index (χ2v) is 5.77. The number of hydrogen-bond acceptors (Lipinski definition) is 3. The van der Waals surface area contributed by atoms with Crippen LogP contribution in [0.15, 0.2) is 24.3 Å². The Hall–Kier alpha value is -1.46. The molecule has 4 nitrogen and oxygen atoms in total. The van der Waals surface area contributed by atoms with Crippen LogP contribution in [0.5, 0.6) is 0 Å². The maximum absolute atomic E-state index is 13.4. The minimum absolute atomic E-state index is 0.116. The number of nitrogens with zero attached hydrogens (tertiary/aromatic N) is 2. The van der Waals surface area contributed by atoms with Crippen molar-refractivity contribution in [3.05, 3.63) is 35.6 Å². The molecule has 0 saturated carbocycles. The minimum Gasteiger partial charge on any atom is -0.322 e. The topological polar surface area (TPSA) is 35.6 Å². The summed E-state index contributed by atoms with van der Waals surface area (Å²) in [6.45, 7) is 3.60. The average Bonchev–Trinajstić information content (AvgIpc) is 2.75. The van der Waals surface area contributed by atoms with Gasteiger partial charge in [0.2, 0.25) is 5.91 Å². The number of rotatable bonds is 6. The van der Waals surface area contributed by atoms with Crippen molar-refractivity contribution in [3.63, 3.8) is 0 Å². The SMILES string of the molecule is CCC1NC(c2cccc(F)c2)N(CCCN(C)C)C1=O. The molecule has 0 aromatic heterocycles. The molecular weight excluding hydrogens is 269 g/mol. The molecule has 0 radical (unpaired) electrons. The van der Waals surface area contributed by atoms with Crippen LogP contribution in [-0.2, 0) is 4.79 Å². The summed E-state index contributed by atoms with van der Waals surface area (Å²) >= 11 is 0. The summed E-state index contributed by atoms with van der Waals surface area (Å²) in [7, 11) is 4.03. The lowest BCUT2D eigenvalue weighted by atomic mass is 10.1. The summed E-state index contributed by atoms with van der Waals surface area (Å²) in [5.74, 6) is -0.152. The predicted molar refractivity (Wildman–Crippen MR) is 81.2 cm³/mol. The van der Waals surface area contributed by atoms with E-state index in [1.165, 1.54) is 12.1 Å². The van der Waals surface area contributed by atoms with Gasteiger partial charge >= 0.3 is 0 Å². The average molecular weight is 293 g/mol. The van der Waals surface area contributed by atoms with Crippen molar-refractivity contribution in [2.75, 3.05) is 27.2 Å². The largest absolute Gasteiger partial charge is 0.322 e. The summed E-state index contributed by atoms with van der Waals surface area (Å²) in [5, 5.41) is 3.32. The lowest BCUT2D eigenvalue weighted by Gasteiger charge is -2.25. The quantitative estimate of drug-likeness (QED) is 0.871. The smallest absolute Gasteiger partial charge is 0.241 e. The first-order valence-electron chi connectivity index (χ1n) is 7.49. The first-order valence-corrected chi connectivity index (χ1v) is 7.49. The van der Waals surface area contributed by atoms with Gasteiger partial charge in [-0.1, -0.05) is 19.1 Å². The number of amides is 1. The molecule has 1 heterocycles. The number of carbonyl (C=O) groups excluding carboxylic acids is 1. The molecule has 21 heavy (non-hydrogen) atoms. The maximum atomic E-state index is 13.4. The van der Waals surface area contributed by atoms with E-state index in [9.17, 15) is 9.18 Å². The number of nitrogens with one attached hydrogen (secondary N) is 1. The van der Waals surface area contributed by atoms with Gasteiger partial charge in [-0.25, -0.2) is 4.39 Å². The monoisotopic (exact) mass is 293 g/mol. The van der Waals surface area contributed by atoms with Crippen molar-refractivity contribution in [3.8, 4) is 0 Å². The highest BCUT2D eigenvalue weighted by Gasteiger charge is 2.38. The van der Waals surface area contributed by atoms with Crippen molar-refractivity contribution >= 4 is 5.91 Å². The fraction of sp³-hybridized carbons (Fsp3) is 0.562. The molecule has 1 fully saturated rings. The molecule has 1 saturated heterocycles. The van der Waals surface area contributed by atoms with E-state index in [1.807, 2.05) is 32.0 Å². The summed E-state index contributed by atoms with van der Waals surface area (Å²) < 4.78 is 13.4. The molecule has 0 aliphatic carbocycles. The van der Waals surface area contributed by atoms with Gasteiger partial charge in [-0.05, 0) is 51.2 Å². The predicted octanol–water partition coefficient (Wildman–Crippen LogP) is 1.99. The van der Waals surface area contributed by atoms with Gasteiger partial charge in [0.15, 0.2) is 0 Å². The molecular formula is C16H24FN3O. The van der Waals surface area contributed by atoms with E-state index in [4.69, 9.17) is 0 Å². The summed E-state index contributed by atoms with van der Waals surface area (Å²) in [5.41, 5.74) is 0.809. The zero-order valence-corrected chi connectivity index (χ0v) is 13.0. The maximum Gasteiger partial charge on any atom is 0.241 e. The van der Waals surface area contributed by atoms with Gasteiger partial charge in [0.1, 0.15) is 12.0 Å². The molecule has 116 valence electrons. The third-order valence-electron chi connectivity index (χ3n) is 3.83. The third kappa shape index (κ3) is 3.80. The van der Waals surface area contributed by atoms with E-state index in [1.54, 1.807) is 6.07 Å². The molecule has 0 spiro atoms. The van der Waals surface area contributed by atoms with Gasteiger partial charge in [-0.15, -0.1) is 0 Å². The van der Waals surface area contributed by atoms with Crippen LogP contribution in [0.2, 0.25) is 0 Å². The second-order valence-electron chi connectivity index (χ2n) is 5.77. The van der Waals surface area contributed by atoms with Gasteiger partial charge in [0, 0.05) is 6.54 Å². The summed E-state index contributed by atoms with van der Waals surface area (Å²) in [6.07, 6.45) is 1.43. The normalized spacial score (nSPS) is 22.3. The van der Waals surface area contributed by atoms with Crippen molar-refractivity contribution in [1.29, 1.82) is 0 Å². The molecule has 1 aromatic carbocycles. The summed E-state index contributed by atoms with van der Waals surface area (Å²) in [6, 6.07) is 6.31. The molecule has 2 rings (SSSR count). The zero-order chi connectivity index (χ0) is 15.4. The van der Waals surface area contributed by atoms with Gasteiger partial charge in [-0.3, -0.25) is 10.1 Å². The summed E-state index contributed by atoms with van der Waals surface area (Å²) in [4.78, 5) is 16.4. The van der Waals surface area contributed by atoms with E-state index in [0.717, 1.165) is 24.9 Å². The fourth-order valence-electron chi connectivity index (χ4n) is 2.72. The number of carbonyl (C=O) groups is 1. The highest BCUT2D eigenvalue weighted by molar-refractivity contribution is 5.84. The Kier molecular flexibility index (Phi) is 5.31. The van der Waals surface area contributed by atoms with Gasteiger partial charge in [-0.2, -0.15) is 0 Å². The highest BCUT2D eigenvalue weighted by atomic mass is 19.1. The molecule has 5 heteroatoms. The molecule has 2 atom stereocenters. The van der Waals surface area contributed by atoms with Crippen LogP contribution in [0.25, 0.3) is 0 Å². The van der Waals surface area contributed by atoms with Crippen molar-refractivity contribution in [2.45, 2.75) is 32.0 Å². The Labute approximate surface area is 125 Å². The molecule has 1 aliphatic heterocycles.